The van der Waals surface area contributed by atoms with Crippen LogP contribution in [0.5, 0.6) is 5.75 Å². The van der Waals surface area contributed by atoms with Crippen molar-refractivity contribution in [1.82, 2.24) is 5.32 Å². The molecule has 0 aliphatic heterocycles. The third-order valence-electron chi connectivity index (χ3n) is 3.68. The van der Waals surface area contributed by atoms with E-state index < -0.39 is 0 Å². The van der Waals surface area contributed by atoms with Crippen LogP contribution in [0.25, 0.3) is 0 Å². The van der Waals surface area contributed by atoms with Gasteiger partial charge in [-0.15, -0.1) is 0 Å². The van der Waals surface area contributed by atoms with Crippen molar-refractivity contribution < 1.29 is 9.47 Å². The van der Waals surface area contributed by atoms with E-state index in [0.29, 0.717) is 12.6 Å². The Kier molecular flexibility index (Phi) is 7.54. The van der Waals surface area contributed by atoms with E-state index in [4.69, 9.17) is 9.47 Å². The average molecular weight is 294 g/mol. The fourth-order valence-corrected chi connectivity index (χ4v) is 2.65. The third-order valence-corrected chi connectivity index (χ3v) is 3.68. The topological polar surface area (TPSA) is 33.7 Å². The molecule has 0 aliphatic carbocycles. The lowest BCUT2D eigenvalue weighted by atomic mass is 10.0. The Morgan fingerprint density at radius 1 is 1.19 bits per heavy atom. The summed E-state index contributed by atoms with van der Waals surface area (Å²) < 4.78 is 10.8. The highest BCUT2D eigenvalue weighted by molar-refractivity contribution is 5.61. The minimum absolute atomic E-state index is 0.241. The SMILES string of the molecule is CCNC(C)c1c(OC)cccc1N(CCOC)C(C)C. The van der Waals surface area contributed by atoms with E-state index in [1.165, 1.54) is 11.3 Å². The predicted molar refractivity (Wildman–Crippen MR) is 89.4 cm³/mol. The minimum Gasteiger partial charge on any atom is -0.496 e. The summed E-state index contributed by atoms with van der Waals surface area (Å²) in [7, 11) is 3.47. The van der Waals surface area contributed by atoms with E-state index in [1.807, 2.05) is 6.07 Å². The number of benzene rings is 1. The number of nitrogens with one attached hydrogen (secondary N) is 1. The van der Waals surface area contributed by atoms with Crippen molar-refractivity contribution in [1.29, 1.82) is 0 Å². The van der Waals surface area contributed by atoms with Crippen LogP contribution in [0.15, 0.2) is 18.2 Å². The van der Waals surface area contributed by atoms with Crippen molar-refractivity contribution in [3.8, 4) is 5.75 Å². The number of rotatable bonds is 9. The highest BCUT2D eigenvalue weighted by atomic mass is 16.5. The first-order chi connectivity index (χ1) is 10.1. The van der Waals surface area contributed by atoms with Gasteiger partial charge in [0.15, 0.2) is 0 Å². The normalized spacial score (nSPS) is 12.5. The van der Waals surface area contributed by atoms with E-state index >= 15 is 0 Å². The molecule has 1 unspecified atom stereocenters. The van der Waals surface area contributed by atoms with Crippen LogP contribution in [-0.2, 0) is 4.74 Å². The average Bonchev–Trinajstić information content (AvgIpc) is 2.47. The number of nitrogens with zero attached hydrogens (tertiary/aromatic N) is 1. The Balaban J connectivity index is 3.24. The zero-order valence-electron chi connectivity index (χ0n) is 14.3. The van der Waals surface area contributed by atoms with Gasteiger partial charge in [-0.1, -0.05) is 13.0 Å². The summed E-state index contributed by atoms with van der Waals surface area (Å²) in [6, 6.07) is 6.89. The molecule has 0 radical (unpaired) electrons. The highest BCUT2D eigenvalue weighted by Gasteiger charge is 2.21. The van der Waals surface area contributed by atoms with Crippen LogP contribution in [0, 0.1) is 0 Å². The molecule has 4 heteroatoms. The summed E-state index contributed by atoms with van der Waals surface area (Å²) in [5, 5.41) is 3.49. The number of methoxy groups -OCH3 is 2. The predicted octanol–water partition coefficient (Wildman–Crippen LogP) is 3.23. The van der Waals surface area contributed by atoms with Gasteiger partial charge in [0.1, 0.15) is 5.75 Å². The molecule has 0 fully saturated rings. The van der Waals surface area contributed by atoms with E-state index in [9.17, 15) is 0 Å². The quantitative estimate of drug-likeness (QED) is 0.758. The summed E-state index contributed by atoms with van der Waals surface area (Å²) in [6.07, 6.45) is 0. The first-order valence-corrected chi connectivity index (χ1v) is 7.72. The van der Waals surface area contributed by atoms with Crippen LogP contribution in [0.4, 0.5) is 5.69 Å². The standard InChI is InChI=1S/C17H30N2O2/c1-7-18-14(4)17-15(9-8-10-16(17)21-6)19(13(2)3)11-12-20-5/h8-10,13-14,18H,7,11-12H2,1-6H3. The van der Waals surface area contributed by atoms with Crippen LogP contribution >= 0.6 is 0 Å². The van der Waals surface area contributed by atoms with Gasteiger partial charge in [-0.25, -0.2) is 0 Å². The Labute approximate surface area is 129 Å². The highest BCUT2D eigenvalue weighted by Crippen LogP contribution is 2.35. The van der Waals surface area contributed by atoms with Gasteiger partial charge in [-0.05, 0) is 39.4 Å². The zero-order chi connectivity index (χ0) is 15.8. The molecule has 0 saturated heterocycles. The van der Waals surface area contributed by atoms with Crippen molar-refractivity contribution in [3.63, 3.8) is 0 Å². The largest absolute Gasteiger partial charge is 0.496 e. The van der Waals surface area contributed by atoms with Crippen molar-refractivity contribution in [2.45, 2.75) is 39.8 Å². The van der Waals surface area contributed by atoms with Gasteiger partial charge in [0.2, 0.25) is 0 Å². The Morgan fingerprint density at radius 3 is 2.43 bits per heavy atom. The zero-order valence-corrected chi connectivity index (χ0v) is 14.3. The number of hydrogen-bond donors (Lipinski definition) is 1. The van der Waals surface area contributed by atoms with E-state index in [2.05, 4.69) is 50.0 Å². The Bertz CT molecular complexity index is 421. The molecule has 1 N–H and O–H groups in total. The molecule has 1 atom stereocenters. The maximum Gasteiger partial charge on any atom is 0.125 e. The fourth-order valence-electron chi connectivity index (χ4n) is 2.65. The second-order valence-electron chi connectivity index (χ2n) is 5.45. The molecule has 0 amide bonds. The summed E-state index contributed by atoms with van der Waals surface area (Å²) in [6.45, 7) is 11.2. The van der Waals surface area contributed by atoms with Crippen LogP contribution < -0.4 is 15.0 Å². The van der Waals surface area contributed by atoms with Gasteiger partial charge < -0.3 is 19.7 Å². The van der Waals surface area contributed by atoms with Crippen LogP contribution in [0.2, 0.25) is 0 Å². The molecule has 1 aromatic carbocycles. The van der Waals surface area contributed by atoms with Crippen molar-refractivity contribution in [2.24, 2.45) is 0 Å². The lowest BCUT2D eigenvalue weighted by Gasteiger charge is -2.33. The summed E-state index contributed by atoms with van der Waals surface area (Å²) in [5.41, 5.74) is 2.43. The second-order valence-corrected chi connectivity index (χ2v) is 5.45. The van der Waals surface area contributed by atoms with Gasteiger partial charge in [0.05, 0.1) is 13.7 Å². The van der Waals surface area contributed by atoms with Gasteiger partial charge in [-0.3, -0.25) is 0 Å². The first-order valence-electron chi connectivity index (χ1n) is 7.72. The van der Waals surface area contributed by atoms with Crippen molar-refractivity contribution in [3.05, 3.63) is 23.8 Å². The van der Waals surface area contributed by atoms with E-state index in [-0.39, 0.29) is 6.04 Å². The molecule has 1 aromatic rings. The molecular formula is C17H30N2O2. The van der Waals surface area contributed by atoms with Gasteiger partial charge in [0.25, 0.3) is 0 Å². The summed E-state index contributed by atoms with van der Waals surface area (Å²) >= 11 is 0. The molecule has 0 aromatic heterocycles. The Morgan fingerprint density at radius 2 is 1.90 bits per heavy atom. The summed E-state index contributed by atoms with van der Waals surface area (Å²) in [4.78, 5) is 2.37. The molecular weight excluding hydrogens is 264 g/mol. The first kappa shape index (κ1) is 17.8. The maximum atomic E-state index is 5.59. The number of ether oxygens (including phenoxy) is 2. The lowest BCUT2D eigenvalue weighted by Crippen LogP contribution is -2.35. The smallest absolute Gasteiger partial charge is 0.125 e. The lowest BCUT2D eigenvalue weighted by molar-refractivity contribution is 0.203. The molecule has 0 heterocycles. The second kappa shape index (κ2) is 8.90. The molecule has 1 rings (SSSR count). The van der Waals surface area contributed by atoms with E-state index in [1.54, 1.807) is 14.2 Å². The molecule has 0 saturated carbocycles. The molecule has 21 heavy (non-hydrogen) atoms. The van der Waals surface area contributed by atoms with E-state index in [0.717, 1.165) is 18.8 Å². The number of hydrogen-bond acceptors (Lipinski definition) is 4. The van der Waals surface area contributed by atoms with Crippen molar-refractivity contribution in [2.75, 3.05) is 38.8 Å². The van der Waals surface area contributed by atoms with Crippen molar-refractivity contribution >= 4 is 5.69 Å². The minimum atomic E-state index is 0.241. The van der Waals surface area contributed by atoms with Gasteiger partial charge >= 0.3 is 0 Å². The fraction of sp³-hybridized carbons (Fsp3) is 0.647. The molecule has 120 valence electrons. The van der Waals surface area contributed by atoms with Crippen LogP contribution in [-0.4, -0.2) is 40.0 Å². The van der Waals surface area contributed by atoms with Crippen LogP contribution in [0.3, 0.4) is 0 Å². The van der Waals surface area contributed by atoms with Gasteiger partial charge in [0, 0.05) is 37.0 Å². The molecule has 0 spiro atoms. The number of anilines is 1. The molecule has 0 bridgehead atoms. The maximum absolute atomic E-state index is 5.59. The summed E-state index contributed by atoms with van der Waals surface area (Å²) in [5.74, 6) is 0.934. The monoisotopic (exact) mass is 294 g/mol. The molecule has 4 nitrogen and oxygen atoms in total. The molecule has 0 aliphatic rings. The van der Waals surface area contributed by atoms with Crippen LogP contribution in [0.1, 0.15) is 39.3 Å². The van der Waals surface area contributed by atoms with Gasteiger partial charge in [-0.2, -0.15) is 0 Å². The third kappa shape index (κ3) is 4.61. The Hall–Kier alpha value is -1.26.